The fourth-order valence-corrected chi connectivity index (χ4v) is 6.20. The molecule has 0 aliphatic carbocycles. The standard InChI is InChI=1S/C45H29N7/c1-3-11-33(12-4-1)43-50-44(34-13-5-2-6-14-34)52-45(51-43)35-23-21-31(22-24-35)30-17-19-32(20-18-30)36-25-26-37-40(29-36)49-42(39-16-8-10-28-47-39)41(48-37)38-15-7-9-27-46-38/h1-29H. The second-order valence-electron chi connectivity index (χ2n) is 12.2. The van der Waals surface area contributed by atoms with Gasteiger partial charge in [0.15, 0.2) is 17.5 Å². The summed E-state index contributed by atoms with van der Waals surface area (Å²) in [5.41, 5.74) is 11.7. The van der Waals surface area contributed by atoms with Crippen molar-refractivity contribution in [3.8, 4) is 79.2 Å². The molecule has 9 rings (SSSR count). The van der Waals surface area contributed by atoms with Gasteiger partial charge in [-0.15, -0.1) is 0 Å². The molecule has 0 bridgehead atoms. The molecule has 0 atom stereocenters. The molecule has 244 valence electrons. The number of pyridine rings is 2. The van der Waals surface area contributed by atoms with Gasteiger partial charge in [0.1, 0.15) is 11.4 Å². The van der Waals surface area contributed by atoms with Crippen LogP contribution in [0.2, 0.25) is 0 Å². The lowest BCUT2D eigenvalue weighted by molar-refractivity contribution is 1.07. The zero-order valence-corrected chi connectivity index (χ0v) is 27.9. The minimum absolute atomic E-state index is 0.632. The molecule has 0 radical (unpaired) electrons. The smallest absolute Gasteiger partial charge is 0.164 e. The van der Waals surface area contributed by atoms with Crippen LogP contribution in [0.5, 0.6) is 0 Å². The van der Waals surface area contributed by atoms with E-state index in [-0.39, 0.29) is 0 Å². The Kier molecular flexibility index (Phi) is 8.04. The summed E-state index contributed by atoms with van der Waals surface area (Å²) in [6.45, 7) is 0. The van der Waals surface area contributed by atoms with Gasteiger partial charge in [-0.1, -0.05) is 127 Å². The molecule has 9 aromatic rings. The number of hydrogen-bond donors (Lipinski definition) is 0. The lowest BCUT2D eigenvalue weighted by Gasteiger charge is -2.11. The van der Waals surface area contributed by atoms with Crippen molar-refractivity contribution in [2.24, 2.45) is 0 Å². The van der Waals surface area contributed by atoms with Crippen molar-refractivity contribution in [2.75, 3.05) is 0 Å². The Morgan fingerprint density at radius 2 is 0.654 bits per heavy atom. The van der Waals surface area contributed by atoms with Crippen LogP contribution < -0.4 is 0 Å². The number of fused-ring (bicyclic) bond motifs is 1. The Hall–Kier alpha value is -7.25. The fraction of sp³-hybridized carbons (Fsp3) is 0. The predicted molar refractivity (Wildman–Crippen MR) is 207 cm³/mol. The molecule has 0 fully saturated rings. The molecule has 7 nitrogen and oxygen atoms in total. The molecule has 7 heteroatoms. The minimum Gasteiger partial charge on any atom is -0.255 e. The van der Waals surface area contributed by atoms with Crippen molar-refractivity contribution in [1.29, 1.82) is 0 Å². The maximum Gasteiger partial charge on any atom is 0.164 e. The van der Waals surface area contributed by atoms with E-state index >= 15 is 0 Å². The normalized spacial score (nSPS) is 11.1. The first-order chi connectivity index (χ1) is 25.7. The number of benzene rings is 5. The molecule has 5 aromatic carbocycles. The number of hydrogen-bond acceptors (Lipinski definition) is 7. The van der Waals surface area contributed by atoms with Crippen LogP contribution in [0.25, 0.3) is 90.2 Å². The lowest BCUT2D eigenvalue weighted by Crippen LogP contribution is -2.00. The Balaban J connectivity index is 1.02. The number of aromatic nitrogens is 7. The molecule has 0 aliphatic rings. The number of rotatable bonds is 7. The lowest BCUT2D eigenvalue weighted by atomic mass is 9.99. The van der Waals surface area contributed by atoms with Gasteiger partial charge in [-0.3, -0.25) is 9.97 Å². The molecular formula is C45H29N7. The van der Waals surface area contributed by atoms with E-state index < -0.39 is 0 Å². The van der Waals surface area contributed by atoms with Gasteiger partial charge >= 0.3 is 0 Å². The van der Waals surface area contributed by atoms with Crippen LogP contribution in [0.1, 0.15) is 0 Å². The van der Waals surface area contributed by atoms with Gasteiger partial charge in [0.2, 0.25) is 0 Å². The molecule has 52 heavy (non-hydrogen) atoms. The molecular weight excluding hydrogens is 639 g/mol. The van der Waals surface area contributed by atoms with Gasteiger partial charge in [-0.25, -0.2) is 24.9 Å². The highest BCUT2D eigenvalue weighted by molar-refractivity contribution is 5.87. The van der Waals surface area contributed by atoms with E-state index in [2.05, 4.69) is 70.6 Å². The molecule has 4 heterocycles. The van der Waals surface area contributed by atoms with E-state index in [0.717, 1.165) is 61.4 Å². The zero-order valence-electron chi connectivity index (χ0n) is 27.9. The molecule has 0 spiro atoms. The van der Waals surface area contributed by atoms with Gasteiger partial charge in [-0.05, 0) is 58.7 Å². The molecule has 0 saturated heterocycles. The molecule has 4 aromatic heterocycles. The van der Waals surface area contributed by atoms with Gasteiger partial charge in [0.05, 0.1) is 22.4 Å². The fourth-order valence-electron chi connectivity index (χ4n) is 6.20. The summed E-state index contributed by atoms with van der Waals surface area (Å²) in [5, 5.41) is 0. The van der Waals surface area contributed by atoms with Crippen LogP contribution in [0.3, 0.4) is 0 Å². The SMILES string of the molecule is c1ccc(-c2nc(-c3ccccc3)nc(-c3ccc(-c4ccc(-c5ccc6nc(-c7ccccn7)c(-c7ccccn7)nc6c5)cc4)cc3)n2)cc1. The molecule has 0 aliphatic heterocycles. The van der Waals surface area contributed by atoms with E-state index in [4.69, 9.17) is 24.9 Å². The van der Waals surface area contributed by atoms with Crippen molar-refractivity contribution in [3.05, 3.63) is 176 Å². The second-order valence-corrected chi connectivity index (χ2v) is 12.2. The van der Waals surface area contributed by atoms with E-state index in [9.17, 15) is 0 Å². The third-order valence-corrected chi connectivity index (χ3v) is 8.87. The quantitative estimate of drug-likeness (QED) is 0.167. The zero-order chi connectivity index (χ0) is 34.7. The van der Waals surface area contributed by atoms with E-state index in [1.807, 2.05) is 103 Å². The second kappa shape index (κ2) is 13.6. The van der Waals surface area contributed by atoms with Gasteiger partial charge < -0.3 is 0 Å². The monoisotopic (exact) mass is 667 g/mol. The first-order valence-corrected chi connectivity index (χ1v) is 17.0. The number of nitrogens with zero attached hydrogens (tertiary/aromatic N) is 7. The third kappa shape index (κ3) is 6.19. The third-order valence-electron chi connectivity index (χ3n) is 8.87. The van der Waals surface area contributed by atoms with Crippen LogP contribution in [0.15, 0.2) is 176 Å². The van der Waals surface area contributed by atoms with Crippen LogP contribution in [-0.4, -0.2) is 34.9 Å². The topological polar surface area (TPSA) is 90.2 Å². The summed E-state index contributed by atoms with van der Waals surface area (Å²) < 4.78 is 0. The summed E-state index contributed by atoms with van der Waals surface area (Å²) in [4.78, 5) is 33.8. The van der Waals surface area contributed by atoms with Crippen molar-refractivity contribution < 1.29 is 0 Å². The van der Waals surface area contributed by atoms with Crippen LogP contribution >= 0.6 is 0 Å². The average molecular weight is 668 g/mol. The molecule has 0 N–H and O–H groups in total. The first-order valence-electron chi connectivity index (χ1n) is 17.0. The maximum absolute atomic E-state index is 5.07. The van der Waals surface area contributed by atoms with Crippen LogP contribution in [0.4, 0.5) is 0 Å². The Bertz CT molecular complexity index is 2570. The van der Waals surface area contributed by atoms with Crippen molar-refractivity contribution in [3.63, 3.8) is 0 Å². The average Bonchev–Trinajstić information content (AvgIpc) is 3.24. The van der Waals surface area contributed by atoms with E-state index in [0.29, 0.717) is 28.9 Å². The Morgan fingerprint density at radius 1 is 0.269 bits per heavy atom. The largest absolute Gasteiger partial charge is 0.255 e. The highest BCUT2D eigenvalue weighted by Gasteiger charge is 2.16. The molecule has 0 unspecified atom stereocenters. The van der Waals surface area contributed by atoms with Crippen molar-refractivity contribution in [1.82, 2.24) is 34.9 Å². The highest BCUT2D eigenvalue weighted by Crippen LogP contribution is 2.32. The predicted octanol–water partition coefficient (Wildman–Crippen LogP) is 10.3. The Morgan fingerprint density at radius 3 is 1.12 bits per heavy atom. The summed E-state index contributed by atoms with van der Waals surface area (Å²) in [6, 6.07) is 54.8. The summed E-state index contributed by atoms with van der Waals surface area (Å²) in [6.07, 6.45) is 3.54. The summed E-state index contributed by atoms with van der Waals surface area (Å²) in [5.74, 6) is 1.92. The van der Waals surface area contributed by atoms with Gasteiger partial charge in [0.25, 0.3) is 0 Å². The van der Waals surface area contributed by atoms with Gasteiger partial charge in [-0.2, -0.15) is 0 Å². The maximum atomic E-state index is 5.07. The van der Waals surface area contributed by atoms with Crippen LogP contribution in [-0.2, 0) is 0 Å². The first kappa shape index (κ1) is 30.8. The summed E-state index contributed by atoms with van der Waals surface area (Å²) >= 11 is 0. The highest BCUT2D eigenvalue weighted by atomic mass is 15.0. The summed E-state index contributed by atoms with van der Waals surface area (Å²) in [7, 11) is 0. The van der Waals surface area contributed by atoms with Crippen molar-refractivity contribution in [2.45, 2.75) is 0 Å². The minimum atomic E-state index is 0.632. The Labute approximate surface area is 300 Å². The van der Waals surface area contributed by atoms with E-state index in [1.165, 1.54) is 0 Å². The van der Waals surface area contributed by atoms with E-state index in [1.54, 1.807) is 12.4 Å². The van der Waals surface area contributed by atoms with Gasteiger partial charge in [0, 0.05) is 29.1 Å². The van der Waals surface area contributed by atoms with Crippen molar-refractivity contribution >= 4 is 11.0 Å². The molecule has 0 saturated carbocycles. The molecule has 0 amide bonds. The van der Waals surface area contributed by atoms with Crippen LogP contribution in [0, 0.1) is 0 Å².